The van der Waals surface area contributed by atoms with Crippen molar-refractivity contribution in [3.63, 3.8) is 0 Å². The maximum Gasteiger partial charge on any atom is 0.230 e. The Morgan fingerprint density at radius 3 is 2.50 bits per heavy atom. The Morgan fingerprint density at radius 1 is 1.35 bits per heavy atom. The average Bonchev–Trinajstić information content (AvgIpc) is 2.83. The third-order valence-corrected chi connectivity index (χ3v) is 4.36. The van der Waals surface area contributed by atoms with E-state index in [0.29, 0.717) is 6.42 Å². The number of thiocarbonyl (C=S) groups is 1. The number of benzene rings is 1. The van der Waals surface area contributed by atoms with Crippen molar-refractivity contribution in [1.29, 1.82) is 0 Å². The molecule has 1 aromatic carbocycles. The normalized spacial score (nSPS) is 18.4. The minimum Gasteiger partial charge on any atom is -0.393 e. The summed E-state index contributed by atoms with van der Waals surface area (Å²) in [5.41, 5.74) is 6.77. The molecule has 1 aliphatic rings. The highest BCUT2D eigenvalue weighted by atomic mass is 32.1. The summed E-state index contributed by atoms with van der Waals surface area (Å²) in [6, 6.07) is 9.87. The van der Waals surface area contributed by atoms with Crippen LogP contribution in [0.4, 0.5) is 0 Å². The Labute approximate surface area is 125 Å². The van der Waals surface area contributed by atoms with Crippen molar-refractivity contribution in [3.05, 3.63) is 35.9 Å². The third-order valence-electron chi connectivity index (χ3n) is 4.07. The van der Waals surface area contributed by atoms with E-state index in [-0.39, 0.29) is 16.4 Å². The molecule has 1 aromatic rings. The topological polar surface area (TPSA) is 55.1 Å². The molecule has 1 amide bonds. The first-order valence-electron chi connectivity index (χ1n) is 7.15. The van der Waals surface area contributed by atoms with Gasteiger partial charge >= 0.3 is 0 Å². The van der Waals surface area contributed by atoms with E-state index >= 15 is 0 Å². The van der Waals surface area contributed by atoms with Gasteiger partial charge in [-0.05, 0) is 31.7 Å². The van der Waals surface area contributed by atoms with Gasteiger partial charge in [0.25, 0.3) is 0 Å². The molecule has 1 saturated carbocycles. The van der Waals surface area contributed by atoms with Gasteiger partial charge in [-0.25, -0.2) is 0 Å². The highest BCUT2D eigenvalue weighted by Crippen LogP contribution is 2.29. The zero-order valence-corrected chi connectivity index (χ0v) is 12.7. The van der Waals surface area contributed by atoms with Gasteiger partial charge in [-0.3, -0.25) is 4.79 Å². The fourth-order valence-electron chi connectivity index (χ4n) is 2.84. The summed E-state index contributed by atoms with van der Waals surface area (Å²) in [4.78, 5) is 12.7. The fraction of sp³-hybridized carbons (Fsp3) is 0.500. The molecule has 3 nitrogen and oxygen atoms in total. The zero-order valence-electron chi connectivity index (χ0n) is 11.9. The van der Waals surface area contributed by atoms with E-state index in [4.69, 9.17) is 18.0 Å². The minimum atomic E-state index is -0.426. The molecule has 4 heteroatoms. The molecule has 0 bridgehead atoms. The molecule has 2 rings (SSSR count). The summed E-state index contributed by atoms with van der Waals surface area (Å²) in [7, 11) is 0. The van der Waals surface area contributed by atoms with Gasteiger partial charge in [0, 0.05) is 5.54 Å². The second-order valence-corrected chi connectivity index (χ2v) is 6.37. The minimum absolute atomic E-state index is 0.0363. The number of rotatable bonds is 5. The maximum atomic E-state index is 12.5. The van der Waals surface area contributed by atoms with Gasteiger partial charge in [-0.15, -0.1) is 0 Å². The van der Waals surface area contributed by atoms with Gasteiger partial charge in [-0.1, -0.05) is 55.4 Å². The zero-order chi connectivity index (χ0) is 14.6. The van der Waals surface area contributed by atoms with Crippen molar-refractivity contribution in [2.45, 2.75) is 44.6 Å². The highest BCUT2D eigenvalue weighted by Gasteiger charge is 2.33. The number of hydrogen-bond donors (Lipinski definition) is 2. The molecule has 3 N–H and O–H groups in total. The van der Waals surface area contributed by atoms with Crippen LogP contribution in [0.1, 0.15) is 38.2 Å². The summed E-state index contributed by atoms with van der Waals surface area (Å²) in [6.07, 6.45) is 4.99. The Hall–Kier alpha value is -1.42. The van der Waals surface area contributed by atoms with Gasteiger partial charge in [-0.2, -0.15) is 0 Å². The molecule has 0 aliphatic heterocycles. The average molecular weight is 290 g/mol. The van der Waals surface area contributed by atoms with Crippen LogP contribution < -0.4 is 11.1 Å². The molecule has 1 fully saturated rings. The molecule has 1 atom stereocenters. The largest absolute Gasteiger partial charge is 0.393 e. The fourth-order valence-corrected chi connectivity index (χ4v) is 3.03. The molecule has 0 heterocycles. The monoisotopic (exact) mass is 290 g/mol. The van der Waals surface area contributed by atoms with Crippen LogP contribution in [0.3, 0.4) is 0 Å². The number of nitrogens with two attached hydrogens (primary N) is 1. The molecule has 108 valence electrons. The first-order valence-corrected chi connectivity index (χ1v) is 7.56. The summed E-state index contributed by atoms with van der Waals surface area (Å²) >= 11 is 5.09. The Balaban J connectivity index is 2.04. The van der Waals surface area contributed by atoms with Gasteiger partial charge in [0.1, 0.15) is 0 Å². The Kier molecular flexibility index (Phi) is 4.76. The van der Waals surface area contributed by atoms with Crippen LogP contribution in [-0.4, -0.2) is 16.4 Å². The van der Waals surface area contributed by atoms with Crippen LogP contribution in [0.5, 0.6) is 0 Å². The van der Waals surface area contributed by atoms with E-state index in [0.717, 1.165) is 18.4 Å². The molecule has 0 radical (unpaired) electrons. The van der Waals surface area contributed by atoms with Crippen LogP contribution in [-0.2, 0) is 11.2 Å². The predicted octanol–water partition coefficient (Wildman–Crippen LogP) is 2.58. The van der Waals surface area contributed by atoms with Gasteiger partial charge in [0.05, 0.1) is 10.9 Å². The first-order chi connectivity index (χ1) is 9.50. The lowest BCUT2D eigenvalue weighted by Crippen LogP contribution is -2.49. The van der Waals surface area contributed by atoms with Gasteiger partial charge in [0.15, 0.2) is 0 Å². The Bertz CT molecular complexity index is 481. The van der Waals surface area contributed by atoms with Crippen LogP contribution >= 0.6 is 12.2 Å². The molecular weight excluding hydrogens is 268 g/mol. The molecule has 1 aliphatic carbocycles. The van der Waals surface area contributed by atoms with E-state index in [1.165, 1.54) is 12.8 Å². The summed E-state index contributed by atoms with van der Waals surface area (Å²) in [5, 5.41) is 3.15. The van der Waals surface area contributed by atoms with Gasteiger partial charge < -0.3 is 11.1 Å². The number of carbonyl (C=O) groups excluding carboxylic acids is 1. The molecule has 0 aromatic heterocycles. The first kappa shape index (κ1) is 15.0. The second-order valence-electron chi connectivity index (χ2n) is 5.90. The predicted molar refractivity (Wildman–Crippen MR) is 85.4 cm³/mol. The highest BCUT2D eigenvalue weighted by molar-refractivity contribution is 7.80. The van der Waals surface area contributed by atoms with Crippen molar-refractivity contribution in [2.24, 2.45) is 11.7 Å². The maximum absolute atomic E-state index is 12.5. The lowest BCUT2D eigenvalue weighted by atomic mass is 9.95. The standard InChI is InChI=1S/C16H22N2OS/c1-16(9-5-6-10-16)18-15(19)13(14(17)20)11-12-7-3-2-4-8-12/h2-4,7-8,13H,5-6,9-11H2,1H3,(H2,17,20)(H,18,19). The number of hydrogen-bond acceptors (Lipinski definition) is 2. The molecule has 20 heavy (non-hydrogen) atoms. The van der Waals surface area contributed by atoms with Crippen LogP contribution in [0, 0.1) is 5.92 Å². The van der Waals surface area contributed by atoms with Crippen LogP contribution in [0.25, 0.3) is 0 Å². The quantitative estimate of drug-likeness (QED) is 0.820. The molecular formula is C16H22N2OS. The number of nitrogens with one attached hydrogen (secondary N) is 1. The lowest BCUT2D eigenvalue weighted by Gasteiger charge is -2.28. The summed E-state index contributed by atoms with van der Waals surface area (Å²) in [6.45, 7) is 2.11. The van der Waals surface area contributed by atoms with E-state index in [1.807, 2.05) is 30.3 Å². The van der Waals surface area contributed by atoms with Crippen molar-refractivity contribution in [3.8, 4) is 0 Å². The molecule has 0 saturated heterocycles. The van der Waals surface area contributed by atoms with Crippen LogP contribution in [0.2, 0.25) is 0 Å². The lowest BCUT2D eigenvalue weighted by molar-refractivity contribution is -0.124. The van der Waals surface area contributed by atoms with E-state index in [2.05, 4.69) is 12.2 Å². The van der Waals surface area contributed by atoms with Crippen molar-refractivity contribution < 1.29 is 4.79 Å². The van der Waals surface area contributed by atoms with E-state index < -0.39 is 5.92 Å². The van der Waals surface area contributed by atoms with E-state index in [1.54, 1.807) is 0 Å². The third kappa shape index (κ3) is 3.79. The second kappa shape index (κ2) is 6.35. The molecule has 1 unspecified atom stereocenters. The Morgan fingerprint density at radius 2 is 1.95 bits per heavy atom. The van der Waals surface area contributed by atoms with Crippen molar-refractivity contribution in [1.82, 2.24) is 5.32 Å². The van der Waals surface area contributed by atoms with E-state index in [9.17, 15) is 4.79 Å². The number of carbonyl (C=O) groups is 1. The smallest absolute Gasteiger partial charge is 0.230 e. The summed E-state index contributed by atoms with van der Waals surface area (Å²) in [5.74, 6) is -0.462. The van der Waals surface area contributed by atoms with Crippen molar-refractivity contribution in [2.75, 3.05) is 0 Å². The SMILES string of the molecule is CC1(NC(=O)C(Cc2ccccc2)C(N)=S)CCCC1. The van der Waals surface area contributed by atoms with Crippen molar-refractivity contribution >= 4 is 23.1 Å². The summed E-state index contributed by atoms with van der Waals surface area (Å²) < 4.78 is 0. The number of amides is 1. The molecule has 0 spiro atoms. The van der Waals surface area contributed by atoms with Gasteiger partial charge in [0.2, 0.25) is 5.91 Å². The van der Waals surface area contributed by atoms with Crippen LogP contribution in [0.15, 0.2) is 30.3 Å².